The summed E-state index contributed by atoms with van der Waals surface area (Å²) < 4.78 is 40.8. The van der Waals surface area contributed by atoms with Crippen LogP contribution in [0.25, 0.3) is 0 Å². The largest absolute Gasteiger partial charge is 0.494 e. The summed E-state index contributed by atoms with van der Waals surface area (Å²) in [6.45, 7) is 8.01. The van der Waals surface area contributed by atoms with E-state index in [1.165, 1.54) is 31.5 Å². The van der Waals surface area contributed by atoms with Crippen molar-refractivity contribution in [3.8, 4) is 17.2 Å². The smallest absolute Gasteiger partial charge is 0.323 e. The molecule has 0 aliphatic carbocycles. The number of hydrogen-bond donors (Lipinski definition) is 3. The Morgan fingerprint density at radius 2 is 1.62 bits per heavy atom. The minimum absolute atomic E-state index is 0.178. The number of nitrogens with zero attached hydrogens (tertiary/aromatic N) is 1. The number of halogens is 2. The zero-order valence-corrected chi connectivity index (χ0v) is 22.4. The molecule has 0 aliphatic heterocycles. The van der Waals surface area contributed by atoms with Gasteiger partial charge in [0.05, 0.1) is 18.5 Å². The van der Waals surface area contributed by atoms with Crippen LogP contribution in [0.4, 0.5) is 36.5 Å². The lowest BCUT2D eigenvalue weighted by Crippen LogP contribution is -2.22. The molecule has 3 N–H and O–H groups in total. The Kier molecular flexibility index (Phi) is 7.99. The summed E-state index contributed by atoms with van der Waals surface area (Å²) in [5.41, 5.74) is 2.51. The minimum atomic E-state index is -1.26. The second-order valence-corrected chi connectivity index (χ2v) is 9.91. The molecule has 0 saturated heterocycles. The fraction of sp³-hybridized carbons (Fsp3) is 0.200. The Bertz CT molecular complexity index is 1490. The van der Waals surface area contributed by atoms with E-state index in [9.17, 15) is 13.6 Å². The molecular formula is C30H30F2N4O3. The average molecular weight is 533 g/mol. The number of rotatable bonds is 7. The first kappa shape index (κ1) is 27.4. The Labute approximate surface area is 226 Å². The van der Waals surface area contributed by atoms with E-state index in [0.29, 0.717) is 17.3 Å². The van der Waals surface area contributed by atoms with Crippen LogP contribution in [0.15, 0.2) is 72.9 Å². The van der Waals surface area contributed by atoms with Crippen molar-refractivity contribution >= 4 is 28.9 Å². The van der Waals surface area contributed by atoms with Crippen LogP contribution >= 0.6 is 0 Å². The molecular weight excluding hydrogens is 502 g/mol. The van der Waals surface area contributed by atoms with Gasteiger partial charge < -0.3 is 25.4 Å². The normalized spacial score (nSPS) is 11.1. The highest BCUT2D eigenvalue weighted by atomic mass is 19.2. The number of benzene rings is 3. The van der Waals surface area contributed by atoms with Crippen LogP contribution in [-0.4, -0.2) is 18.1 Å². The lowest BCUT2D eigenvalue weighted by atomic mass is 9.85. The lowest BCUT2D eigenvalue weighted by Gasteiger charge is -2.23. The van der Waals surface area contributed by atoms with Gasteiger partial charge in [-0.15, -0.1) is 0 Å². The van der Waals surface area contributed by atoms with E-state index >= 15 is 0 Å². The Balaban J connectivity index is 1.49. The van der Waals surface area contributed by atoms with Crippen molar-refractivity contribution in [1.29, 1.82) is 0 Å². The highest BCUT2D eigenvalue weighted by molar-refractivity contribution is 6.01. The van der Waals surface area contributed by atoms with E-state index in [0.717, 1.165) is 16.8 Å². The zero-order valence-electron chi connectivity index (χ0n) is 22.4. The van der Waals surface area contributed by atoms with Crippen molar-refractivity contribution in [2.45, 2.75) is 33.1 Å². The molecule has 4 rings (SSSR count). The molecule has 0 bridgehead atoms. The van der Waals surface area contributed by atoms with Gasteiger partial charge in [-0.1, -0.05) is 45.0 Å². The number of para-hydroxylation sites is 1. The maximum Gasteiger partial charge on any atom is 0.323 e. The standard InChI is InChI=1S/C30H30F2N4O3/c1-18-15-19(30(2,3)4)16-23(28(18)38-5)36-29(37)35-22-11-12-24(27(32)26(22)31)39-21-13-14-33-25(17-21)34-20-9-7-6-8-10-20/h6-17H,1-5H3,(H,33,34)(H2,35,36,37). The number of anilines is 4. The number of urea groups is 1. The van der Waals surface area contributed by atoms with E-state index < -0.39 is 17.7 Å². The van der Waals surface area contributed by atoms with Gasteiger partial charge in [0.1, 0.15) is 17.3 Å². The second kappa shape index (κ2) is 11.4. The van der Waals surface area contributed by atoms with Crippen molar-refractivity contribution in [2.24, 2.45) is 0 Å². The number of carbonyl (C=O) groups excluding carboxylic acids is 1. The van der Waals surface area contributed by atoms with Crippen molar-refractivity contribution in [3.63, 3.8) is 0 Å². The summed E-state index contributed by atoms with van der Waals surface area (Å²) in [6.07, 6.45) is 1.49. The third-order valence-corrected chi connectivity index (χ3v) is 5.89. The predicted molar refractivity (Wildman–Crippen MR) is 149 cm³/mol. The van der Waals surface area contributed by atoms with E-state index in [2.05, 4.69) is 20.9 Å². The van der Waals surface area contributed by atoms with Crippen molar-refractivity contribution in [1.82, 2.24) is 4.98 Å². The average Bonchev–Trinajstić information content (AvgIpc) is 2.88. The van der Waals surface area contributed by atoms with E-state index in [1.54, 1.807) is 12.1 Å². The maximum atomic E-state index is 14.9. The number of hydrogen-bond acceptors (Lipinski definition) is 5. The third kappa shape index (κ3) is 6.62. The molecule has 2 amide bonds. The molecule has 0 saturated carbocycles. The van der Waals surface area contributed by atoms with Crippen LogP contribution in [0.3, 0.4) is 0 Å². The molecule has 4 aromatic rings. The monoisotopic (exact) mass is 532 g/mol. The molecule has 9 heteroatoms. The van der Waals surface area contributed by atoms with Gasteiger partial charge in [0.2, 0.25) is 5.82 Å². The highest BCUT2D eigenvalue weighted by Gasteiger charge is 2.21. The summed E-state index contributed by atoms with van der Waals surface area (Å²) in [5.74, 6) is -1.65. The van der Waals surface area contributed by atoms with Crippen molar-refractivity contribution in [2.75, 3.05) is 23.1 Å². The number of ether oxygens (including phenoxy) is 2. The van der Waals surface area contributed by atoms with Gasteiger partial charge >= 0.3 is 6.03 Å². The number of aromatic nitrogens is 1. The van der Waals surface area contributed by atoms with E-state index in [1.807, 2.05) is 64.1 Å². The summed E-state index contributed by atoms with van der Waals surface area (Å²) in [5, 5.41) is 8.15. The number of aryl methyl sites for hydroxylation is 1. The molecule has 202 valence electrons. The number of amides is 2. The SMILES string of the molecule is COc1c(C)cc(C(C)(C)C)cc1NC(=O)Nc1ccc(Oc2ccnc(Nc3ccccc3)c2)c(F)c1F. The summed E-state index contributed by atoms with van der Waals surface area (Å²) in [4.78, 5) is 16.9. The van der Waals surface area contributed by atoms with Crippen LogP contribution in [0.2, 0.25) is 0 Å². The van der Waals surface area contributed by atoms with Gasteiger partial charge in [-0.25, -0.2) is 14.2 Å². The first-order valence-corrected chi connectivity index (χ1v) is 12.3. The Hall–Kier alpha value is -4.66. The fourth-order valence-electron chi connectivity index (χ4n) is 3.89. The number of carbonyl (C=O) groups is 1. The van der Waals surface area contributed by atoms with Crippen LogP contribution in [0, 0.1) is 18.6 Å². The molecule has 39 heavy (non-hydrogen) atoms. The molecule has 3 aromatic carbocycles. The lowest BCUT2D eigenvalue weighted by molar-refractivity contribution is 0.262. The number of pyridine rings is 1. The van der Waals surface area contributed by atoms with Crippen LogP contribution in [0.5, 0.6) is 17.2 Å². The molecule has 1 heterocycles. The zero-order chi connectivity index (χ0) is 28.2. The van der Waals surface area contributed by atoms with Crippen LogP contribution < -0.4 is 25.4 Å². The maximum absolute atomic E-state index is 14.9. The van der Waals surface area contributed by atoms with Gasteiger partial charge in [-0.05, 0) is 59.9 Å². The number of nitrogens with one attached hydrogen (secondary N) is 3. The van der Waals surface area contributed by atoms with E-state index in [-0.39, 0.29) is 22.6 Å². The first-order valence-electron chi connectivity index (χ1n) is 12.3. The highest BCUT2D eigenvalue weighted by Crippen LogP contribution is 2.35. The van der Waals surface area contributed by atoms with E-state index in [4.69, 9.17) is 9.47 Å². The molecule has 0 spiro atoms. The molecule has 0 unspecified atom stereocenters. The van der Waals surface area contributed by atoms with Gasteiger partial charge in [0.15, 0.2) is 11.6 Å². The Morgan fingerprint density at radius 1 is 0.897 bits per heavy atom. The molecule has 0 radical (unpaired) electrons. The fourth-order valence-corrected chi connectivity index (χ4v) is 3.89. The van der Waals surface area contributed by atoms with Gasteiger partial charge in [0, 0.05) is 18.0 Å². The quantitative estimate of drug-likeness (QED) is 0.224. The molecule has 7 nitrogen and oxygen atoms in total. The first-order chi connectivity index (χ1) is 18.5. The van der Waals surface area contributed by atoms with Gasteiger partial charge in [-0.2, -0.15) is 4.39 Å². The number of methoxy groups -OCH3 is 1. The van der Waals surface area contributed by atoms with Crippen LogP contribution in [0.1, 0.15) is 31.9 Å². The predicted octanol–water partition coefficient (Wildman–Crippen LogP) is 8.15. The van der Waals surface area contributed by atoms with Crippen molar-refractivity contribution in [3.05, 3.63) is 95.7 Å². The second-order valence-electron chi connectivity index (χ2n) is 9.91. The summed E-state index contributed by atoms with van der Waals surface area (Å²) in [7, 11) is 1.50. The molecule has 0 atom stereocenters. The van der Waals surface area contributed by atoms with Gasteiger partial charge in [0.25, 0.3) is 0 Å². The Morgan fingerprint density at radius 3 is 2.31 bits per heavy atom. The molecule has 1 aromatic heterocycles. The summed E-state index contributed by atoms with van der Waals surface area (Å²) >= 11 is 0. The van der Waals surface area contributed by atoms with Gasteiger partial charge in [-0.3, -0.25) is 0 Å². The molecule has 0 aliphatic rings. The van der Waals surface area contributed by atoms with Crippen molar-refractivity contribution < 1.29 is 23.0 Å². The summed E-state index contributed by atoms with van der Waals surface area (Å²) in [6, 6.07) is 17.9. The topological polar surface area (TPSA) is 84.5 Å². The third-order valence-electron chi connectivity index (χ3n) is 5.89. The minimum Gasteiger partial charge on any atom is -0.494 e. The molecule has 0 fully saturated rings. The van der Waals surface area contributed by atoms with Crippen LogP contribution in [-0.2, 0) is 5.41 Å².